The Morgan fingerprint density at radius 3 is 2.55 bits per heavy atom. The molecule has 0 saturated carbocycles. The molecule has 1 saturated heterocycles. The summed E-state index contributed by atoms with van der Waals surface area (Å²) >= 11 is 0. The highest BCUT2D eigenvalue weighted by atomic mass is 16.5. The largest absolute Gasteiger partial charge is 0.379 e. The van der Waals surface area contributed by atoms with Gasteiger partial charge in [0.25, 0.3) is 0 Å². The molecule has 7 nitrogen and oxygen atoms in total. The molecule has 0 radical (unpaired) electrons. The zero-order chi connectivity index (χ0) is 21.6. The number of carbonyl (C=O) groups excluding carboxylic acids is 1. The third kappa shape index (κ3) is 5.57. The molecule has 3 aromatic rings. The fourth-order valence-corrected chi connectivity index (χ4v) is 3.82. The molecule has 1 aromatic heterocycles. The molecule has 2 heterocycles. The first-order chi connectivity index (χ1) is 15.1. The number of aromatic nitrogens is 1. The van der Waals surface area contributed by atoms with Crippen molar-refractivity contribution in [3.63, 3.8) is 0 Å². The maximum absolute atomic E-state index is 12.3. The van der Waals surface area contributed by atoms with Crippen molar-refractivity contribution in [2.45, 2.75) is 13.1 Å². The van der Waals surface area contributed by atoms with Gasteiger partial charge in [-0.05, 0) is 42.0 Å². The molecule has 7 heteroatoms. The third-order valence-corrected chi connectivity index (χ3v) is 5.70. The summed E-state index contributed by atoms with van der Waals surface area (Å²) in [6, 6.07) is 16.1. The molecule has 0 aliphatic carbocycles. The van der Waals surface area contributed by atoms with Crippen LogP contribution in [0.25, 0.3) is 10.9 Å². The van der Waals surface area contributed by atoms with Gasteiger partial charge in [-0.2, -0.15) is 0 Å². The molecule has 0 unspecified atom stereocenters. The monoisotopic (exact) mass is 421 g/mol. The molecule has 1 aliphatic rings. The molecular weight excluding hydrogens is 390 g/mol. The first-order valence-corrected chi connectivity index (χ1v) is 10.8. The lowest BCUT2D eigenvalue weighted by Gasteiger charge is -2.26. The predicted octanol–water partition coefficient (Wildman–Crippen LogP) is 3.36. The average Bonchev–Trinajstić information content (AvgIpc) is 3.19. The standard InChI is InChI=1S/C24H31N5O2/c1-27(2)22-6-3-19(4-7-22)18-25-24(30)26-21-5-8-23-20(17-21)9-10-29(23)12-11-28-13-15-31-16-14-28/h3-10,17H,11-16,18H2,1-2H3,(H2,25,26,30). The van der Waals surface area contributed by atoms with Gasteiger partial charge in [-0.15, -0.1) is 0 Å². The number of urea groups is 1. The van der Waals surface area contributed by atoms with Gasteiger partial charge in [0, 0.05) is 75.3 Å². The van der Waals surface area contributed by atoms with Crippen molar-refractivity contribution in [1.82, 2.24) is 14.8 Å². The Bertz CT molecular complexity index is 1010. The van der Waals surface area contributed by atoms with Crippen LogP contribution in [0.1, 0.15) is 5.56 Å². The minimum atomic E-state index is -0.206. The number of benzene rings is 2. The number of carbonyl (C=O) groups is 1. The molecule has 1 aliphatic heterocycles. The number of nitrogens with one attached hydrogen (secondary N) is 2. The lowest BCUT2D eigenvalue weighted by atomic mass is 10.2. The van der Waals surface area contributed by atoms with E-state index in [1.54, 1.807) is 0 Å². The summed E-state index contributed by atoms with van der Waals surface area (Å²) in [7, 11) is 4.02. The summed E-state index contributed by atoms with van der Waals surface area (Å²) in [5.74, 6) is 0. The Balaban J connectivity index is 1.30. The van der Waals surface area contributed by atoms with Crippen LogP contribution in [-0.4, -0.2) is 62.4 Å². The second-order valence-corrected chi connectivity index (χ2v) is 8.11. The van der Waals surface area contributed by atoms with E-state index in [2.05, 4.69) is 43.3 Å². The van der Waals surface area contributed by atoms with Gasteiger partial charge in [-0.25, -0.2) is 4.79 Å². The van der Waals surface area contributed by atoms with E-state index in [1.807, 2.05) is 50.5 Å². The molecular formula is C24H31N5O2. The number of fused-ring (bicyclic) bond motifs is 1. The Morgan fingerprint density at radius 2 is 1.81 bits per heavy atom. The number of amides is 2. The van der Waals surface area contributed by atoms with Crippen LogP contribution in [-0.2, 0) is 17.8 Å². The van der Waals surface area contributed by atoms with E-state index in [0.29, 0.717) is 6.54 Å². The maximum atomic E-state index is 12.3. The molecule has 0 spiro atoms. The van der Waals surface area contributed by atoms with Crippen LogP contribution < -0.4 is 15.5 Å². The van der Waals surface area contributed by atoms with Crippen LogP contribution in [0.4, 0.5) is 16.2 Å². The van der Waals surface area contributed by atoms with Crippen molar-refractivity contribution < 1.29 is 9.53 Å². The lowest BCUT2D eigenvalue weighted by Crippen LogP contribution is -2.38. The van der Waals surface area contributed by atoms with Crippen molar-refractivity contribution >= 4 is 28.3 Å². The molecule has 2 aromatic carbocycles. The number of rotatable bonds is 7. The maximum Gasteiger partial charge on any atom is 0.319 e. The zero-order valence-electron chi connectivity index (χ0n) is 18.3. The Morgan fingerprint density at radius 1 is 1.03 bits per heavy atom. The van der Waals surface area contributed by atoms with Crippen LogP contribution >= 0.6 is 0 Å². The van der Waals surface area contributed by atoms with Crippen LogP contribution in [0.2, 0.25) is 0 Å². The van der Waals surface area contributed by atoms with Gasteiger partial charge in [-0.1, -0.05) is 12.1 Å². The number of hydrogen-bond acceptors (Lipinski definition) is 4. The number of ether oxygens (including phenoxy) is 1. The molecule has 1 fully saturated rings. The molecule has 2 amide bonds. The normalized spacial score (nSPS) is 14.5. The second-order valence-electron chi connectivity index (χ2n) is 8.11. The first-order valence-electron chi connectivity index (χ1n) is 10.8. The molecule has 164 valence electrons. The van der Waals surface area contributed by atoms with E-state index < -0.39 is 0 Å². The Labute approximate surface area is 183 Å². The van der Waals surface area contributed by atoms with E-state index in [9.17, 15) is 4.79 Å². The smallest absolute Gasteiger partial charge is 0.319 e. The molecule has 4 rings (SSSR count). The van der Waals surface area contributed by atoms with Crippen LogP contribution in [0.5, 0.6) is 0 Å². The van der Waals surface area contributed by atoms with Gasteiger partial charge in [-0.3, -0.25) is 4.90 Å². The van der Waals surface area contributed by atoms with Crippen LogP contribution in [0, 0.1) is 0 Å². The van der Waals surface area contributed by atoms with E-state index in [-0.39, 0.29) is 6.03 Å². The third-order valence-electron chi connectivity index (χ3n) is 5.70. The second kappa shape index (κ2) is 9.85. The first kappa shape index (κ1) is 21.2. The van der Waals surface area contributed by atoms with Gasteiger partial charge >= 0.3 is 6.03 Å². The molecule has 2 N–H and O–H groups in total. The fourth-order valence-electron chi connectivity index (χ4n) is 3.82. The Hall–Kier alpha value is -3.03. The van der Waals surface area contributed by atoms with Crippen LogP contribution in [0.15, 0.2) is 54.7 Å². The summed E-state index contributed by atoms with van der Waals surface area (Å²) in [6.07, 6.45) is 2.12. The van der Waals surface area contributed by atoms with Crippen molar-refractivity contribution in [1.29, 1.82) is 0 Å². The highest BCUT2D eigenvalue weighted by Crippen LogP contribution is 2.21. The van der Waals surface area contributed by atoms with Crippen LogP contribution in [0.3, 0.4) is 0 Å². The highest BCUT2D eigenvalue weighted by molar-refractivity contribution is 5.92. The van der Waals surface area contributed by atoms with Gasteiger partial charge in [0.05, 0.1) is 13.2 Å². The number of nitrogens with zero attached hydrogens (tertiary/aromatic N) is 3. The van der Waals surface area contributed by atoms with Gasteiger partial charge in [0.1, 0.15) is 0 Å². The molecule has 0 atom stereocenters. The Kier molecular flexibility index (Phi) is 6.74. The van der Waals surface area contributed by atoms with Gasteiger partial charge in [0.15, 0.2) is 0 Å². The van der Waals surface area contributed by atoms with Crippen molar-refractivity contribution in [2.24, 2.45) is 0 Å². The average molecular weight is 422 g/mol. The van der Waals surface area contributed by atoms with Gasteiger partial charge < -0.3 is 24.8 Å². The summed E-state index contributed by atoms with van der Waals surface area (Å²) < 4.78 is 7.69. The number of hydrogen-bond donors (Lipinski definition) is 2. The summed E-state index contributed by atoms with van der Waals surface area (Å²) in [6.45, 7) is 6.11. The minimum absolute atomic E-state index is 0.206. The van der Waals surface area contributed by atoms with Crippen molar-refractivity contribution in [2.75, 3.05) is 57.2 Å². The summed E-state index contributed by atoms with van der Waals surface area (Å²) in [5, 5.41) is 6.98. The van der Waals surface area contributed by atoms with E-state index in [0.717, 1.165) is 61.7 Å². The van der Waals surface area contributed by atoms with E-state index in [1.165, 1.54) is 5.52 Å². The molecule has 31 heavy (non-hydrogen) atoms. The predicted molar refractivity (Wildman–Crippen MR) is 126 cm³/mol. The lowest BCUT2D eigenvalue weighted by molar-refractivity contribution is 0.0365. The summed E-state index contributed by atoms with van der Waals surface area (Å²) in [5.41, 5.74) is 4.17. The van der Waals surface area contributed by atoms with Gasteiger partial charge in [0.2, 0.25) is 0 Å². The van der Waals surface area contributed by atoms with Crippen molar-refractivity contribution in [3.8, 4) is 0 Å². The SMILES string of the molecule is CN(C)c1ccc(CNC(=O)Nc2ccc3c(ccn3CCN3CCOCC3)c2)cc1. The zero-order valence-corrected chi connectivity index (χ0v) is 18.3. The fraction of sp³-hybridized carbons (Fsp3) is 0.375. The van der Waals surface area contributed by atoms with Crippen molar-refractivity contribution in [3.05, 3.63) is 60.3 Å². The topological polar surface area (TPSA) is 61.8 Å². The highest BCUT2D eigenvalue weighted by Gasteiger charge is 2.11. The van der Waals surface area contributed by atoms with E-state index in [4.69, 9.17) is 4.74 Å². The summed E-state index contributed by atoms with van der Waals surface area (Å²) in [4.78, 5) is 16.8. The number of morpholine rings is 1. The quantitative estimate of drug-likeness (QED) is 0.614. The minimum Gasteiger partial charge on any atom is -0.379 e. The number of anilines is 2. The molecule has 0 bridgehead atoms. The van der Waals surface area contributed by atoms with E-state index >= 15 is 0 Å².